The maximum atomic E-state index is 6.06. The van der Waals surface area contributed by atoms with Crippen molar-refractivity contribution in [3.05, 3.63) is 28.2 Å². The van der Waals surface area contributed by atoms with E-state index in [1.165, 1.54) is 12.8 Å². The minimum atomic E-state index is 0.562. The van der Waals surface area contributed by atoms with Crippen molar-refractivity contribution in [3.63, 3.8) is 0 Å². The quantitative estimate of drug-likeness (QED) is 0.792. The molecule has 1 N–H and O–H groups in total. The monoisotopic (exact) mass is 242 g/mol. The van der Waals surface area contributed by atoms with Crippen LogP contribution in [0.2, 0.25) is 10.0 Å². The summed E-state index contributed by atoms with van der Waals surface area (Å²) in [5, 5.41) is 4.35. The van der Waals surface area contributed by atoms with Crippen LogP contribution in [0.3, 0.4) is 0 Å². The highest BCUT2D eigenvalue weighted by Gasteiger charge is 2.08. The van der Waals surface area contributed by atoms with Gasteiger partial charge >= 0.3 is 0 Å². The zero-order chi connectivity index (χ0) is 10.7. The van der Waals surface area contributed by atoms with E-state index in [0.717, 1.165) is 24.5 Å². The summed E-state index contributed by atoms with van der Waals surface area (Å²) in [5.74, 6) is 1.01. The van der Waals surface area contributed by atoms with E-state index in [1.54, 1.807) is 6.07 Å². The summed E-state index contributed by atoms with van der Waals surface area (Å²) in [6.45, 7) is 0.903. The fourth-order valence-corrected chi connectivity index (χ4v) is 1.90. The van der Waals surface area contributed by atoms with E-state index in [-0.39, 0.29) is 0 Å². The Hall–Kier alpha value is -0.730. The Kier molecular flexibility index (Phi) is 3.49. The van der Waals surface area contributed by atoms with Crippen LogP contribution in [0.4, 0.5) is 5.69 Å². The summed E-state index contributed by atoms with van der Waals surface area (Å²) in [5.41, 5.74) is 0.838. The van der Waals surface area contributed by atoms with E-state index in [0.29, 0.717) is 10.0 Å². The molecule has 0 aromatic heterocycles. The molecular weight excluding hydrogens is 231 g/mol. The highest BCUT2D eigenvalue weighted by Crippen LogP contribution is 2.29. The first-order valence-corrected chi connectivity index (χ1v) is 5.77. The first kappa shape index (κ1) is 10.8. The maximum absolute atomic E-state index is 6.06. The van der Waals surface area contributed by atoms with Crippen LogP contribution >= 0.6 is 23.2 Å². The minimum absolute atomic E-state index is 0.562. The molecule has 2 rings (SSSR count). The van der Waals surface area contributed by atoms with Crippen molar-refractivity contribution in [2.24, 2.45) is 4.99 Å². The lowest BCUT2D eigenvalue weighted by atomic mass is 10.2. The van der Waals surface area contributed by atoms with Crippen molar-refractivity contribution in [1.82, 2.24) is 0 Å². The lowest BCUT2D eigenvalue weighted by Gasteiger charge is -2.15. The van der Waals surface area contributed by atoms with Crippen molar-refractivity contribution in [1.29, 1.82) is 0 Å². The summed E-state index contributed by atoms with van der Waals surface area (Å²) < 4.78 is 0. The second-order valence-electron chi connectivity index (χ2n) is 3.51. The second-order valence-corrected chi connectivity index (χ2v) is 4.30. The van der Waals surface area contributed by atoms with Crippen molar-refractivity contribution < 1.29 is 0 Å². The number of aliphatic imine (C=N–C) groups is 1. The SMILES string of the molecule is Clc1cccc(NC2=NCCCC2)c1Cl. The topological polar surface area (TPSA) is 24.4 Å². The standard InChI is InChI=1S/C11H12Cl2N2/c12-8-4-3-5-9(11(8)13)15-10-6-1-2-7-14-10/h3-5H,1-2,6-7H2,(H,14,15). The van der Waals surface area contributed by atoms with E-state index in [4.69, 9.17) is 23.2 Å². The van der Waals surface area contributed by atoms with E-state index >= 15 is 0 Å². The smallest absolute Gasteiger partial charge is 0.101 e. The Morgan fingerprint density at radius 2 is 2.07 bits per heavy atom. The number of nitrogens with one attached hydrogen (secondary N) is 1. The zero-order valence-electron chi connectivity index (χ0n) is 8.26. The predicted octanol–water partition coefficient (Wildman–Crippen LogP) is 3.99. The fourth-order valence-electron chi connectivity index (χ4n) is 1.56. The number of hydrogen-bond donors (Lipinski definition) is 1. The van der Waals surface area contributed by atoms with Crippen molar-refractivity contribution in [2.45, 2.75) is 19.3 Å². The van der Waals surface area contributed by atoms with Crippen molar-refractivity contribution in [3.8, 4) is 0 Å². The molecule has 0 atom stereocenters. The van der Waals surface area contributed by atoms with Gasteiger partial charge < -0.3 is 5.32 Å². The van der Waals surface area contributed by atoms with Crippen LogP contribution in [0.25, 0.3) is 0 Å². The number of amidine groups is 1. The maximum Gasteiger partial charge on any atom is 0.101 e. The molecule has 4 heteroatoms. The molecule has 1 aromatic carbocycles. The van der Waals surface area contributed by atoms with E-state index in [2.05, 4.69) is 10.3 Å². The number of anilines is 1. The number of nitrogens with zero attached hydrogens (tertiary/aromatic N) is 1. The third-order valence-corrected chi connectivity index (χ3v) is 3.17. The summed E-state index contributed by atoms with van der Waals surface area (Å²) in [7, 11) is 0. The number of benzene rings is 1. The lowest BCUT2D eigenvalue weighted by molar-refractivity contribution is 0.737. The van der Waals surface area contributed by atoms with Gasteiger partial charge in [0.05, 0.1) is 15.7 Å². The van der Waals surface area contributed by atoms with Crippen LogP contribution in [-0.2, 0) is 0 Å². The molecule has 2 nitrogen and oxygen atoms in total. The van der Waals surface area contributed by atoms with Crippen LogP contribution < -0.4 is 5.32 Å². The number of rotatable bonds is 1. The fraction of sp³-hybridized carbons (Fsp3) is 0.364. The Morgan fingerprint density at radius 3 is 2.80 bits per heavy atom. The van der Waals surface area contributed by atoms with E-state index in [1.807, 2.05) is 12.1 Å². The van der Waals surface area contributed by atoms with Gasteiger partial charge in [0, 0.05) is 13.0 Å². The molecule has 0 bridgehead atoms. The van der Waals surface area contributed by atoms with Gasteiger partial charge in [0.25, 0.3) is 0 Å². The molecular formula is C11H12Cl2N2. The van der Waals surface area contributed by atoms with Crippen LogP contribution in [-0.4, -0.2) is 12.4 Å². The molecule has 0 unspecified atom stereocenters. The van der Waals surface area contributed by atoms with Gasteiger partial charge in [-0.05, 0) is 25.0 Å². The normalized spacial score (nSPS) is 16.0. The minimum Gasteiger partial charge on any atom is -0.343 e. The Balaban J connectivity index is 2.16. The van der Waals surface area contributed by atoms with Crippen LogP contribution in [0, 0.1) is 0 Å². The highest BCUT2D eigenvalue weighted by atomic mass is 35.5. The third kappa shape index (κ3) is 2.64. The van der Waals surface area contributed by atoms with Crippen LogP contribution in [0.5, 0.6) is 0 Å². The predicted molar refractivity (Wildman–Crippen MR) is 66.2 cm³/mol. The molecule has 15 heavy (non-hydrogen) atoms. The van der Waals surface area contributed by atoms with Crippen molar-refractivity contribution in [2.75, 3.05) is 11.9 Å². The lowest BCUT2D eigenvalue weighted by Crippen LogP contribution is -2.16. The molecule has 0 saturated heterocycles. The van der Waals surface area contributed by atoms with Gasteiger partial charge in [-0.3, -0.25) is 4.99 Å². The molecule has 1 aliphatic heterocycles. The number of halogens is 2. The van der Waals surface area contributed by atoms with Crippen LogP contribution in [0.15, 0.2) is 23.2 Å². The van der Waals surface area contributed by atoms with Gasteiger partial charge in [-0.2, -0.15) is 0 Å². The Bertz CT molecular complexity index is 388. The third-order valence-electron chi connectivity index (χ3n) is 2.35. The van der Waals surface area contributed by atoms with Gasteiger partial charge in [-0.15, -0.1) is 0 Å². The average Bonchev–Trinajstić information content (AvgIpc) is 2.26. The molecule has 0 saturated carbocycles. The molecule has 0 spiro atoms. The van der Waals surface area contributed by atoms with Crippen LogP contribution in [0.1, 0.15) is 19.3 Å². The molecule has 1 aromatic rings. The number of hydrogen-bond acceptors (Lipinski definition) is 2. The summed E-state index contributed by atoms with van der Waals surface area (Å²) in [6.07, 6.45) is 3.35. The average molecular weight is 243 g/mol. The summed E-state index contributed by atoms with van der Waals surface area (Å²) >= 11 is 12.0. The van der Waals surface area contributed by atoms with Gasteiger partial charge in [-0.25, -0.2) is 0 Å². The molecule has 0 aliphatic carbocycles. The molecule has 1 heterocycles. The second kappa shape index (κ2) is 4.86. The first-order valence-electron chi connectivity index (χ1n) is 5.02. The molecule has 0 fully saturated rings. The van der Waals surface area contributed by atoms with E-state index in [9.17, 15) is 0 Å². The van der Waals surface area contributed by atoms with Gasteiger partial charge in [0.2, 0.25) is 0 Å². The zero-order valence-corrected chi connectivity index (χ0v) is 9.78. The highest BCUT2D eigenvalue weighted by molar-refractivity contribution is 6.44. The van der Waals surface area contributed by atoms with Gasteiger partial charge in [0.15, 0.2) is 0 Å². The van der Waals surface area contributed by atoms with E-state index < -0.39 is 0 Å². The Morgan fingerprint density at radius 1 is 1.20 bits per heavy atom. The van der Waals surface area contributed by atoms with Crippen molar-refractivity contribution >= 4 is 34.7 Å². The summed E-state index contributed by atoms with van der Waals surface area (Å²) in [4.78, 5) is 4.40. The molecule has 80 valence electrons. The van der Waals surface area contributed by atoms with Gasteiger partial charge in [0.1, 0.15) is 5.84 Å². The molecule has 1 aliphatic rings. The summed E-state index contributed by atoms with van der Waals surface area (Å²) in [6, 6.07) is 5.56. The largest absolute Gasteiger partial charge is 0.343 e. The molecule has 0 amide bonds. The molecule has 0 radical (unpaired) electrons. The Labute approximate surface area is 99.3 Å². The van der Waals surface area contributed by atoms with Gasteiger partial charge in [-0.1, -0.05) is 29.3 Å². The first-order chi connectivity index (χ1) is 7.27.